The lowest BCUT2D eigenvalue weighted by molar-refractivity contribution is -0.128. The van der Waals surface area contributed by atoms with Gasteiger partial charge >= 0.3 is 0 Å². The van der Waals surface area contributed by atoms with E-state index in [1.165, 1.54) is 0 Å². The average Bonchev–Trinajstić information content (AvgIpc) is 2.30. The molecule has 1 saturated heterocycles. The Labute approximate surface area is 77.8 Å². The van der Waals surface area contributed by atoms with Crippen molar-refractivity contribution >= 4 is 11.7 Å². The molecule has 0 aromatic heterocycles. The van der Waals surface area contributed by atoms with E-state index in [2.05, 4.69) is 0 Å². The molecule has 4 nitrogen and oxygen atoms in total. The summed E-state index contributed by atoms with van der Waals surface area (Å²) in [6.45, 7) is 3.53. The third-order valence-electron chi connectivity index (χ3n) is 2.05. The van der Waals surface area contributed by atoms with Crippen LogP contribution in [0.2, 0.25) is 0 Å². The molecule has 0 aromatic rings. The lowest BCUT2D eigenvalue weighted by Gasteiger charge is -2.19. The minimum absolute atomic E-state index is 0.0228. The number of ether oxygens (including phenoxy) is 1. The highest BCUT2D eigenvalue weighted by atomic mass is 16.5. The Morgan fingerprint density at radius 2 is 2.23 bits per heavy atom. The molecule has 74 valence electrons. The van der Waals surface area contributed by atoms with Gasteiger partial charge in [0.15, 0.2) is 5.78 Å². The van der Waals surface area contributed by atoms with Gasteiger partial charge in [-0.05, 0) is 5.92 Å². The van der Waals surface area contributed by atoms with Crippen molar-refractivity contribution in [2.75, 3.05) is 26.8 Å². The van der Waals surface area contributed by atoms with Gasteiger partial charge < -0.3 is 9.64 Å². The Morgan fingerprint density at radius 1 is 1.54 bits per heavy atom. The molecule has 1 amide bonds. The van der Waals surface area contributed by atoms with E-state index in [1.54, 1.807) is 12.0 Å². The summed E-state index contributed by atoms with van der Waals surface area (Å²) in [5.41, 5.74) is 0. The maximum absolute atomic E-state index is 11.2. The minimum atomic E-state index is -0.0482. The van der Waals surface area contributed by atoms with Gasteiger partial charge in [-0.15, -0.1) is 0 Å². The predicted octanol–water partition coefficient (Wildman–Crippen LogP) is 0.0703. The molecule has 0 aromatic carbocycles. The second-order valence-electron chi connectivity index (χ2n) is 3.55. The maximum Gasteiger partial charge on any atom is 0.230 e. The summed E-state index contributed by atoms with van der Waals surface area (Å²) in [6.07, 6.45) is 0.0830. The van der Waals surface area contributed by atoms with E-state index in [-0.39, 0.29) is 24.7 Å². The summed E-state index contributed by atoms with van der Waals surface area (Å²) >= 11 is 0. The molecule has 1 aliphatic heterocycles. The van der Waals surface area contributed by atoms with E-state index in [1.807, 2.05) is 6.92 Å². The highest BCUT2D eigenvalue weighted by Crippen LogP contribution is 2.09. The zero-order valence-corrected chi connectivity index (χ0v) is 8.08. The predicted molar refractivity (Wildman–Crippen MR) is 47.2 cm³/mol. The smallest absolute Gasteiger partial charge is 0.230 e. The largest absolute Gasteiger partial charge is 0.384 e. The molecule has 1 atom stereocenters. The van der Waals surface area contributed by atoms with Gasteiger partial charge in [0.05, 0.1) is 19.6 Å². The van der Waals surface area contributed by atoms with Crippen LogP contribution in [0.1, 0.15) is 13.3 Å². The van der Waals surface area contributed by atoms with Gasteiger partial charge in [0.1, 0.15) is 0 Å². The van der Waals surface area contributed by atoms with Crippen LogP contribution < -0.4 is 0 Å². The number of Topliss-reactive ketones (excluding diaryl/α,β-unsaturated/α-hetero) is 1. The van der Waals surface area contributed by atoms with Gasteiger partial charge in [0.25, 0.3) is 0 Å². The third kappa shape index (κ3) is 2.81. The standard InChI is InChI=1S/C9H15NO3/c1-7(6-13-2)4-10-5-8(11)3-9(10)12/h7H,3-6H2,1-2H3. The number of amides is 1. The van der Waals surface area contributed by atoms with Gasteiger partial charge in [0, 0.05) is 13.7 Å². The lowest BCUT2D eigenvalue weighted by atomic mass is 10.2. The summed E-state index contributed by atoms with van der Waals surface area (Å²) in [7, 11) is 1.63. The summed E-state index contributed by atoms with van der Waals surface area (Å²) in [5, 5.41) is 0. The number of hydrogen-bond donors (Lipinski definition) is 0. The summed E-state index contributed by atoms with van der Waals surface area (Å²) in [6, 6.07) is 0. The van der Waals surface area contributed by atoms with Gasteiger partial charge in [-0.25, -0.2) is 0 Å². The molecule has 13 heavy (non-hydrogen) atoms. The number of ketones is 1. The molecule has 1 fully saturated rings. The zero-order valence-electron chi connectivity index (χ0n) is 8.08. The molecular weight excluding hydrogens is 170 g/mol. The van der Waals surface area contributed by atoms with Gasteiger partial charge in [0.2, 0.25) is 5.91 Å². The monoisotopic (exact) mass is 185 g/mol. The first-order valence-corrected chi connectivity index (χ1v) is 4.42. The van der Waals surface area contributed by atoms with E-state index in [9.17, 15) is 9.59 Å². The van der Waals surface area contributed by atoms with Crippen molar-refractivity contribution in [3.05, 3.63) is 0 Å². The Kier molecular flexibility index (Phi) is 3.42. The van der Waals surface area contributed by atoms with Gasteiger partial charge in [-0.1, -0.05) is 6.92 Å². The van der Waals surface area contributed by atoms with Crippen LogP contribution in [0.15, 0.2) is 0 Å². The van der Waals surface area contributed by atoms with Crippen molar-refractivity contribution in [1.82, 2.24) is 4.90 Å². The molecule has 1 aliphatic rings. The molecule has 1 rings (SSSR count). The van der Waals surface area contributed by atoms with E-state index in [0.717, 1.165) is 0 Å². The van der Waals surface area contributed by atoms with Crippen LogP contribution in [0, 0.1) is 5.92 Å². The lowest BCUT2D eigenvalue weighted by Crippen LogP contribution is -2.31. The Morgan fingerprint density at radius 3 is 2.69 bits per heavy atom. The number of nitrogens with zero attached hydrogens (tertiary/aromatic N) is 1. The molecule has 1 unspecified atom stereocenters. The van der Waals surface area contributed by atoms with Crippen LogP contribution in [0.5, 0.6) is 0 Å². The summed E-state index contributed by atoms with van der Waals surface area (Å²) in [4.78, 5) is 23.7. The molecule has 0 spiro atoms. The second-order valence-corrected chi connectivity index (χ2v) is 3.55. The molecule has 1 heterocycles. The van der Waals surface area contributed by atoms with Gasteiger partial charge in [-0.3, -0.25) is 9.59 Å². The Balaban J connectivity index is 2.36. The topological polar surface area (TPSA) is 46.6 Å². The van der Waals surface area contributed by atoms with Crippen LogP contribution in [0.25, 0.3) is 0 Å². The van der Waals surface area contributed by atoms with Crippen LogP contribution in [0.3, 0.4) is 0 Å². The zero-order chi connectivity index (χ0) is 9.84. The number of carbonyl (C=O) groups excluding carboxylic acids is 2. The Hall–Kier alpha value is -0.900. The summed E-state index contributed by atoms with van der Waals surface area (Å²) < 4.78 is 4.95. The average molecular weight is 185 g/mol. The number of methoxy groups -OCH3 is 1. The van der Waals surface area contributed by atoms with Crippen molar-refractivity contribution in [1.29, 1.82) is 0 Å². The van der Waals surface area contributed by atoms with E-state index in [0.29, 0.717) is 19.1 Å². The van der Waals surface area contributed by atoms with E-state index in [4.69, 9.17) is 4.74 Å². The van der Waals surface area contributed by atoms with Crippen molar-refractivity contribution in [2.45, 2.75) is 13.3 Å². The number of rotatable bonds is 4. The van der Waals surface area contributed by atoms with Crippen LogP contribution in [-0.2, 0) is 14.3 Å². The number of hydrogen-bond acceptors (Lipinski definition) is 3. The minimum Gasteiger partial charge on any atom is -0.384 e. The molecule has 0 radical (unpaired) electrons. The van der Waals surface area contributed by atoms with Crippen LogP contribution >= 0.6 is 0 Å². The fourth-order valence-electron chi connectivity index (χ4n) is 1.52. The highest BCUT2D eigenvalue weighted by molar-refractivity contribution is 6.05. The molecular formula is C9H15NO3. The molecule has 0 N–H and O–H groups in total. The first-order valence-electron chi connectivity index (χ1n) is 4.42. The maximum atomic E-state index is 11.2. The quantitative estimate of drug-likeness (QED) is 0.582. The molecule has 0 aliphatic carbocycles. The normalized spacial score (nSPS) is 19.7. The van der Waals surface area contributed by atoms with Crippen molar-refractivity contribution in [2.24, 2.45) is 5.92 Å². The van der Waals surface area contributed by atoms with E-state index >= 15 is 0 Å². The molecule has 0 saturated carbocycles. The fraction of sp³-hybridized carbons (Fsp3) is 0.778. The van der Waals surface area contributed by atoms with Crippen LogP contribution in [-0.4, -0.2) is 43.4 Å². The first kappa shape index (κ1) is 10.2. The van der Waals surface area contributed by atoms with Crippen LogP contribution in [0.4, 0.5) is 0 Å². The molecule has 4 heteroatoms. The summed E-state index contributed by atoms with van der Waals surface area (Å²) in [5.74, 6) is 0.266. The van der Waals surface area contributed by atoms with Crippen molar-refractivity contribution < 1.29 is 14.3 Å². The fourth-order valence-corrected chi connectivity index (χ4v) is 1.52. The van der Waals surface area contributed by atoms with Gasteiger partial charge in [-0.2, -0.15) is 0 Å². The van der Waals surface area contributed by atoms with Crippen molar-refractivity contribution in [3.8, 4) is 0 Å². The highest BCUT2D eigenvalue weighted by Gasteiger charge is 2.27. The SMILES string of the molecule is COCC(C)CN1CC(=O)CC1=O. The number of carbonyl (C=O) groups is 2. The third-order valence-corrected chi connectivity index (χ3v) is 2.05. The van der Waals surface area contributed by atoms with Crippen molar-refractivity contribution in [3.63, 3.8) is 0 Å². The number of likely N-dealkylation sites (tertiary alicyclic amines) is 1. The Bertz CT molecular complexity index is 215. The molecule has 0 bridgehead atoms. The first-order chi connectivity index (χ1) is 6.13. The van der Waals surface area contributed by atoms with E-state index < -0.39 is 0 Å². The second kappa shape index (κ2) is 4.37.